The van der Waals surface area contributed by atoms with Gasteiger partial charge in [0.2, 0.25) is 0 Å². The maximum atomic E-state index is 10.8. The van der Waals surface area contributed by atoms with Crippen LogP contribution in [0.25, 0.3) is 0 Å². The van der Waals surface area contributed by atoms with Crippen LogP contribution in [-0.2, 0) is 0 Å². The third kappa shape index (κ3) is 3.31. The Morgan fingerprint density at radius 2 is 1.95 bits per heavy atom. The fourth-order valence-corrected chi connectivity index (χ4v) is 2.00. The van der Waals surface area contributed by atoms with Gasteiger partial charge in [-0.2, -0.15) is 0 Å². The summed E-state index contributed by atoms with van der Waals surface area (Å²) in [6, 6.07) is 12.2. The number of aromatic carboxylic acids is 1. The maximum Gasteiger partial charge on any atom is 0.335 e. The van der Waals surface area contributed by atoms with E-state index in [0.717, 1.165) is 0 Å². The largest absolute Gasteiger partial charge is 0.478 e. The molecule has 0 saturated heterocycles. The van der Waals surface area contributed by atoms with E-state index in [1.807, 2.05) is 24.3 Å². The Kier molecular flexibility index (Phi) is 4.30. The molecule has 20 heavy (non-hydrogen) atoms. The minimum absolute atomic E-state index is 0.137. The van der Waals surface area contributed by atoms with E-state index in [0.29, 0.717) is 17.4 Å². The monoisotopic (exact) mass is 290 g/mol. The van der Waals surface area contributed by atoms with E-state index in [4.69, 9.17) is 21.4 Å². The first-order chi connectivity index (χ1) is 9.47. The fraction of sp³-hybridized carbons (Fsp3) is 0.188. The molecule has 0 saturated carbocycles. The van der Waals surface area contributed by atoms with Gasteiger partial charge in [-0.1, -0.05) is 37.6 Å². The average Bonchev–Trinajstić information content (AvgIpc) is 2.41. The van der Waals surface area contributed by atoms with Crippen LogP contribution in [0.1, 0.15) is 35.7 Å². The highest BCUT2D eigenvalue weighted by Crippen LogP contribution is 2.31. The molecule has 0 atom stereocenters. The Morgan fingerprint density at radius 1 is 1.20 bits per heavy atom. The molecule has 0 fully saturated rings. The van der Waals surface area contributed by atoms with Gasteiger partial charge in [-0.05, 0) is 41.8 Å². The van der Waals surface area contributed by atoms with Gasteiger partial charge in [0, 0.05) is 0 Å². The third-order valence-corrected chi connectivity index (χ3v) is 3.23. The SMILES string of the molecule is CC(C)c1cccc(Oc2ccc(C(=O)O)cc2Cl)c1. The summed E-state index contributed by atoms with van der Waals surface area (Å²) >= 11 is 6.04. The molecule has 0 heterocycles. The molecule has 0 radical (unpaired) electrons. The third-order valence-electron chi connectivity index (χ3n) is 2.93. The normalized spacial score (nSPS) is 10.6. The second kappa shape index (κ2) is 5.97. The number of benzene rings is 2. The molecule has 0 aliphatic heterocycles. The molecule has 0 amide bonds. The number of rotatable bonds is 4. The fourth-order valence-electron chi connectivity index (χ4n) is 1.78. The summed E-state index contributed by atoms with van der Waals surface area (Å²) in [7, 11) is 0. The van der Waals surface area contributed by atoms with Gasteiger partial charge in [-0.15, -0.1) is 0 Å². The number of halogens is 1. The molecule has 0 bridgehead atoms. The van der Waals surface area contributed by atoms with E-state index in [1.54, 1.807) is 6.07 Å². The van der Waals surface area contributed by atoms with Gasteiger partial charge in [-0.25, -0.2) is 4.79 Å². The standard InChI is InChI=1S/C16H15ClO3/c1-10(2)11-4-3-5-13(8-11)20-15-7-6-12(16(18)19)9-14(15)17/h3-10H,1-2H3,(H,18,19). The Hall–Kier alpha value is -2.00. The molecule has 0 spiro atoms. The van der Waals surface area contributed by atoms with Crippen molar-refractivity contribution in [2.24, 2.45) is 0 Å². The minimum Gasteiger partial charge on any atom is -0.478 e. The Bertz CT molecular complexity index is 635. The lowest BCUT2D eigenvalue weighted by atomic mass is 10.0. The lowest BCUT2D eigenvalue weighted by Crippen LogP contribution is -1.96. The predicted octanol–water partition coefficient (Wildman–Crippen LogP) is 4.95. The molecule has 0 aliphatic carbocycles. The van der Waals surface area contributed by atoms with Crippen LogP contribution >= 0.6 is 11.6 Å². The van der Waals surface area contributed by atoms with E-state index in [9.17, 15) is 4.79 Å². The van der Waals surface area contributed by atoms with E-state index in [1.165, 1.54) is 17.7 Å². The van der Waals surface area contributed by atoms with Crippen LogP contribution < -0.4 is 4.74 Å². The van der Waals surface area contributed by atoms with Crippen molar-refractivity contribution in [3.8, 4) is 11.5 Å². The quantitative estimate of drug-likeness (QED) is 0.866. The number of hydrogen-bond donors (Lipinski definition) is 1. The van der Waals surface area contributed by atoms with Crippen molar-refractivity contribution in [1.29, 1.82) is 0 Å². The van der Waals surface area contributed by atoms with Crippen molar-refractivity contribution in [2.75, 3.05) is 0 Å². The van der Waals surface area contributed by atoms with Crippen LogP contribution in [0.4, 0.5) is 0 Å². The first-order valence-corrected chi connectivity index (χ1v) is 6.66. The van der Waals surface area contributed by atoms with Crippen LogP contribution in [0.5, 0.6) is 11.5 Å². The molecule has 1 N–H and O–H groups in total. The van der Waals surface area contributed by atoms with Crippen LogP contribution in [0.15, 0.2) is 42.5 Å². The van der Waals surface area contributed by atoms with Crippen molar-refractivity contribution in [3.05, 3.63) is 58.6 Å². The first kappa shape index (κ1) is 14.4. The molecule has 0 unspecified atom stereocenters. The highest BCUT2D eigenvalue weighted by molar-refractivity contribution is 6.32. The molecule has 104 valence electrons. The summed E-state index contributed by atoms with van der Waals surface area (Å²) in [5, 5.41) is 9.17. The van der Waals surface area contributed by atoms with Crippen LogP contribution in [-0.4, -0.2) is 11.1 Å². The topological polar surface area (TPSA) is 46.5 Å². The van der Waals surface area contributed by atoms with Crippen LogP contribution in [0.2, 0.25) is 5.02 Å². The van der Waals surface area contributed by atoms with E-state index in [-0.39, 0.29) is 10.6 Å². The summed E-state index contributed by atoms with van der Waals surface area (Å²) in [4.78, 5) is 10.8. The van der Waals surface area contributed by atoms with Gasteiger partial charge in [0.1, 0.15) is 11.5 Å². The van der Waals surface area contributed by atoms with E-state index < -0.39 is 5.97 Å². The van der Waals surface area contributed by atoms with Gasteiger partial charge < -0.3 is 9.84 Å². The molecule has 3 nitrogen and oxygen atoms in total. The Morgan fingerprint density at radius 3 is 2.55 bits per heavy atom. The molecule has 4 heteroatoms. The lowest BCUT2D eigenvalue weighted by molar-refractivity contribution is 0.0697. The molecule has 0 aliphatic rings. The van der Waals surface area contributed by atoms with E-state index in [2.05, 4.69) is 13.8 Å². The number of carbonyl (C=O) groups is 1. The smallest absolute Gasteiger partial charge is 0.335 e. The van der Waals surface area contributed by atoms with Crippen molar-refractivity contribution in [3.63, 3.8) is 0 Å². The van der Waals surface area contributed by atoms with Gasteiger partial charge in [0.25, 0.3) is 0 Å². The van der Waals surface area contributed by atoms with Crippen molar-refractivity contribution in [2.45, 2.75) is 19.8 Å². The Labute approximate surface area is 122 Å². The molecule has 2 aromatic rings. The van der Waals surface area contributed by atoms with E-state index >= 15 is 0 Å². The molecule has 2 rings (SSSR count). The number of ether oxygens (including phenoxy) is 1. The van der Waals surface area contributed by atoms with Crippen molar-refractivity contribution < 1.29 is 14.6 Å². The zero-order valence-corrected chi connectivity index (χ0v) is 12.0. The zero-order valence-electron chi connectivity index (χ0n) is 11.3. The highest BCUT2D eigenvalue weighted by atomic mass is 35.5. The van der Waals surface area contributed by atoms with Crippen LogP contribution in [0.3, 0.4) is 0 Å². The molecule has 0 aromatic heterocycles. The summed E-state index contributed by atoms with van der Waals surface area (Å²) in [6.07, 6.45) is 0. The number of carboxylic acids is 1. The summed E-state index contributed by atoms with van der Waals surface area (Å²) in [6.45, 7) is 4.21. The van der Waals surface area contributed by atoms with Gasteiger partial charge >= 0.3 is 5.97 Å². The second-order valence-electron chi connectivity index (χ2n) is 4.78. The number of carboxylic acid groups (broad SMARTS) is 1. The first-order valence-electron chi connectivity index (χ1n) is 6.28. The zero-order chi connectivity index (χ0) is 14.7. The summed E-state index contributed by atoms with van der Waals surface area (Å²) in [5.74, 6) is 0.516. The number of hydrogen-bond acceptors (Lipinski definition) is 2. The minimum atomic E-state index is -1.01. The summed E-state index contributed by atoms with van der Waals surface area (Å²) in [5.41, 5.74) is 1.30. The van der Waals surface area contributed by atoms with Gasteiger partial charge in [0.05, 0.1) is 10.6 Å². The van der Waals surface area contributed by atoms with Gasteiger partial charge in [0.15, 0.2) is 0 Å². The van der Waals surface area contributed by atoms with Crippen molar-refractivity contribution >= 4 is 17.6 Å². The maximum absolute atomic E-state index is 10.8. The van der Waals surface area contributed by atoms with Crippen LogP contribution in [0, 0.1) is 0 Å². The van der Waals surface area contributed by atoms with Crippen molar-refractivity contribution in [1.82, 2.24) is 0 Å². The highest BCUT2D eigenvalue weighted by Gasteiger charge is 2.09. The molecular formula is C16H15ClO3. The lowest BCUT2D eigenvalue weighted by Gasteiger charge is -2.11. The molecular weight excluding hydrogens is 276 g/mol. The predicted molar refractivity (Wildman–Crippen MR) is 79.0 cm³/mol. The van der Waals surface area contributed by atoms with Gasteiger partial charge in [-0.3, -0.25) is 0 Å². The second-order valence-corrected chi connectivity index (χ2v) is 5.19. The Balaban J connectivity index is 2.26. The molecule has 2 aromatic carbocycles. The summed E-state index contributed by atoms with van der Waals surface area (Å²) < 4.78 is 5.71. The average molecular weight is 291 g/mol.